The van der Waals surface area contributed by atoms with Gasteiger partial charge >= 0.3 is 11.6 Å². The van der Waals surface area contributed by atoms with Crippen molar-refractivity contribution in [2.24, 2.45) is 7.05 Å². The number of aliphatic hydroxyl groups excluding tert-OH is 1. The molecule has 0 bridgehead atoms. The lowest BCUT2D eigenvalue weighted by molar-refractivity contribution is -0.668. The van der Waals surface area contributed by atoms with Crippen molar-refractivity contribution in [2.75, 3.05) is 31.2 Å². The Hall–Kier alpha value is -3.51. The minimum absolute atomic E-state index is 0.00574. The standard InChI is InChI=1S/C18H20N6O6/c1-21-15-14(16(26)20-18(21)27)23(17(19-15)22-6-8-30-9-7-22)10-13(25)11-2-4-12(5-3-11)24(28)29/h2-5,13,25H,6-10H2,1H3,(H,20,26,27)/p+1. The molecular formula is C18H21N6O6+. The Morgan fingerprint density at radius 3 is 2.53 bits per heavy atom. The highest BCUT2D eigenvalue weighted by Crippen LogP contribution is 2.20. The van der Waals surface area contributed by atoms with Crippen LogP contribution in [0.1, 0.15) is 11.7 Å². The molecule has 0 spiro atoms. The molecule has 3 heterocycles. The number of aliphatic hydroxyl groups is 1. The third-order valence-corrected chi connectivity index (χ3v) is 5.21. The van der Waals surface area contributed by atoms with Crippen LogP contribution in [0.3, 0.4) is 0 Å². The summed E-state index contributed by atoms with van der Waals surface area (Å²) in [7, 11) is 1.54. The molecule has 1 aliphatic heterocycles. The average molecular weight is 417 g/mol. The van der Waals surface area contributed by atoms with Gasteiger partial charge in [-0.2, -0.15) is 0 Å². The number of aromatic amines is 2. The van der Waals surface area contributed by atoms with Gasteiger partial charge in [0.05, 0.1) is 31.2 Å². The molecule has 1 aliphatic rings. The Bertz CT molecular complexity index is 1200. The van der Waals surface area contributed by atoms with Crippen LogP contribution in [-0.4, -0.2) is 50.9 Å². The molecule has 1 atom stereocenters. The fraction of sp³-hybridized carbons (Fsp3) is 0.389. The van der Waals surface area contributed by atoms with Gasteiger partial charge in [0.1, 0.15) is 12.6 Å². The lowest BCUT2D eigenvalue weighted by atomic mass is 10.1. The number of hydrogen-bond donors (Lipinski definition) is 3. The lowest BCUT2D eigenvalue weighted by Gasteiger charge is -2.23. The first-order valence-electron chi connectivity index (χ1n) is 9.36. The van der Waals surface area contributed by atoms with Crippen LogP contribution in [-0.2, 0) is 18.3 Å². The highest BCUT2D eigenvalue weighted by molar-refractivity contribution is 5.67. The molecular weight excluding hydrogens is 396 g/mol. The van der Waals surface area contributed by atoms with Gasteiger partial charge in [0.2, 0.25) is 11.2 Å². The summed E-state index contributed by atoms with van der Waals surface area (Å²) in [5.41, 5.74) is -0.173. The predicted octanol–water partition coefficient (Wildman–Crippen LogP) is -0.679. The summed E-state index contributed by atoms with van der Waals surface area (Å²) in [6.07, 6.45) is -1.04. The number of H-pyrrole nitrogens is 2. The number of nitro groups is 1. The molecule has 2 aromatic heterocycles. The number of imidazole rings is 1. The molecule has 0 amide bonds. The topological polar surface area (TPSA) is 150 Å². The molecule has 12 heteroatoms. The second kappa shape index (κ2) is 7.72. The van der Waals surface area contributed by atoms with Crippen LogP contribution in [0.2, 0.25) is 0 Å². The molecule has 0 aliphatic carbocycles. The van der Waals surface area contributed by atoms with Gasteiger partial charge in [-0.25, -0.2) is 14.3 Å². The van der Waals surface area contributed by atoms with Crippen LogP contribution in [0.25, 0.3) is 11.2 Å². The van der Waals surface area contributed by atoms with E-state index < -0.39 is 22.3 Å². The molecule has 4 rings (SSSR count). The number of nitro benzene ring substituents is 1. The number of aryl methyl sites for hydroxylation is 1. The molecule has 12 nitrogen and oxygen atoms in total. The Morgan fingerprint density at radius 2 is 1.90 bits per heavy atom. The van der Waals surface area contributed by atoms with Crippen molar-refractivity contribution >= 4 is 22.8 Å². The Kier molecular flexibility index (Phi) is 5.10. The summed E-state index contributed by atoms with van der Waals surface area (Å²) in [4.78, 5) is 42.4. The zero-order valence-corrected chi connectivity index (χ0v) is 16.2. The number of anilines is 1. The van der Waals surface area contributed by atoms with Gasteiger partial charge in [0, 0.05) is 19.2 Å². The maximum absolute atomic E-state index is 12.6. The molecule has 158 valence electrons. The van der Waals surface area contributed by atoms with Gasteiger partial charge in [-0.3, -0.25) is 29.4 Å². The van der Waals surface area contributed by atoms with Gasteiger partial charge < -0.3 is 9.84 Å². The van der Waals surface area contributed by atoms with E-state index in [0.717, 1.165) is 0 Å². The first-order chi connectivity index (χ1) is 14.4. The van der Waals surface area contributed by atoms with Gasteiger partial charge in [-0.05, 0) is 17.7 Å². The van der Waals surface area contributed by atoms with E-state index in [4.69, 9.17) is 4.74 Å². The normalized spacial score (nSPS) is 15.5. The molecule has 3 N–H and O–H groups in total. The molecule has 1 aromatic carbocycles. The fourth-order valence-electron chi connectivity index (χ4n) is 3.58. The maximum atomic E-state index is 12.6. The minimum atomic E-state index is -1.04. The van der Waals surface area contributed by atoms with Crippen LogP contribution in [0.15, 0.2) is 33.9 Å². The molecule has 0 saturated carbocycles. The van der Waals surface area contributed by atoms with E-state index in [0.29, 0.717) is 43.5 Å². The van der Waals surface area contributed by atoms with Gasteiger partial charge in [-0.1, -0.05) is 0 Å². The van der Waals surface area contributed by atoms with Crippen molar-refractivity contribution in [1.29, 1.82) is 0 Å². The largest absolute Gasteiger partial charge is 0.385 e. The zero-order valence-electron chi connectivity index (χ0n) is 16.2. The van der Waals surface area contributed by atoms with Crippen molar-refractivity contribution in [3.63, 3.8) is 0 Å². The SMILES string of the molecule is Cn1c(=O)[nH]c(=O)c2c1[nH]c(N1CCOCC1)[n+]2CC(O)c1ccc([N+](=O)[O-])cc1. The van der Waals surface area contributed by atoms with E-state index in [2.05, 4.69) is 9.97 Å². The second-order valence-electron chi connectivity index (χ2n) is 7.04. The average Bonchev–Trinajstić information content (AvgIpc) is 3.12. The number of fused-ring (bicyclic) bond motifs is 1. The molecule has 1 unspecified atom stereocenters. The number of nitrogens with zero attached hydrogens (tertiary/aromatic N) is 4. The summed E-state index contributed by atoms with van der Waals surface area (Å²) in [6, 6.07) is 5.59. The van der Waals surface area contributed by atoms with Crippen molar-refractivity contribution in [2.45, 2.75) is 12.6 Å². The van der Waals surface area contributed by atoms with E-state index in [1.165, 1.54) is 35.9 Å². The summed E-state index contributed by atoms with van der Waals surface area (Å²) < 4.78 is 8.32. The van der Waals surface area contributed by atoms with Crippen LogP contribution in [0.4, 0.5) is 11.6 Å². The Morgan fingerprint density at radius 1 is 1.23 bits per heavy atom. The quantitative estimate of drug-likeness (QED) is 0.283. The molecule has 1 saturated heterocycles. The number of non-ortho nitro benzene ring substituents is 1. The number of morpholine rings is 1. The van der Waals surface area contributed by atoms with Crippen molar-refractivity contribution in [3.05, 3.63) is 60.8 Å². The van der Waals surface area contributed by atoms with Crippen molar-refractivity contribution in [1.82, 2.24) is 14.5 Å². The van der Waals surface area contributed by atoms with Crippen molar-refractivity contribution < 1.29 is 19.3 Å². The first kappa shape index (κ1) is 19.8. The van der Waals surface area contributed by atoms with Gasteiger partial charge in [-0.15, -0.1) is 0 Å². The number of ether oxygens (including phenoxy) is 1. The second-order valence-corrected chi connectivity index (χ2v) is 7.04. The minimum Gasteiger partial charge on any atom is -0.385 e. The smallest absolute Gasteiger partial charge is 0.359 e. The molecule has 1 fully saturated rings. The highest BCUT2D eigenvalue weighted by Gasteiger charge is 2.30. The third-order valence-electron chi connectivity index (χ3n) is 5.21. The zero-order chi connectivity index (χ0) is 21.4. The Balaban J connectivity index is 1.79. The number of aromatic nitrogens is 4. The van der Waals surface area contributed by atoms with Crippen LogP contribution < -0.4 is 20.7 Å². The number of benzene rings is 1. The molecule has 3 aromatic rings. The Labute approximate surface area is 169 Å². The van der Waals surface area contributed by atoms with E-state index in [1.54, 1.807) is 4.57 Å². The fourth-order valence-corrected chi connectivity index (χ4v) is 3.58. The highest BCUT2D eigenvalue weighted by atomic mass is 16.6. The summed E-state index contributed by atoms with van der Waals surface area (Å²) in [5, 5.41) is 21.6. The predicted molar refractivity (Wildman–Crippen MR) is 105 cm³/mol. The van der Waals surface area contributed by atoms with E-state index in [-0.39, 0.29) is 17.7 Å². The number of hydrogen-bond acceptors (Lipinski definition) is 7. The monoisotopic (exact) mass is 417 g/mol. The number of rotatable bonds is 5. The van der Waals surface area contributed by atoms with Crippen LogP contribution >= 0.6 is 0 Å². The maximum Gasteiger partial charge on any atom is 0.359 e. The van der Waals surface area contributed by atoms with Crippen LogP contribution in [0, 0.1) is 10.1 Å². The van der Waals surface area contributed by atoms with E-state index >= 15 is 0 Å². The summed E-state index contributed by atoms with van der Waals surface area (Å²) in [5.74, 6) is 0.570. The summed E-state index contributed by atoms with van der Waals surface area (Å²) >= 11 is 0. The molecule has 0 radical (unpaired) electrons. The number of nitrogens with one attached hydrogen (secondary N) is 2. The first-order valence-corrected chi connectivity index (χ1v) is 9.36. The van der Waals surface area contributed by atoms with Crippen LogP contribution in [0.5, 0.6) is 0 Å². The van der Waals surface area contributed by atoms with Crippen molar-refractivity contribution in [3.8, 4) is 0 Å². The van der Waals surface area contributed by atoms with E-state index in [1.807, 2.05) is 4.90 Å². The summed E-state index contributed by atoms with van der Waals surface area (Å²) in [6.45, 7) is 2.18. The van der Waals surface area contributed by atoms with E-state index in [9.17, 15) is 24.8 Å². The lowest BCUT2D eigenvalue weighted by Crippen LogP contribution is -2.48. The molecule has 30 heavy (non-hydrogen) atoms. The van der Waals surface area contributed by atoms with Gasteiger partial charge in [0.25, 0.3) is 11.2 Å². The third kappa shape index (κ3) is 3.46. The van der Waals surface area contributed by atoms with Gasteiger partial charge in [0.15, 0.2) is 0 Å².